The van der Waals surface area contributed by atoms with Crippen LogP contribution in [-0.2, 0) is 6.42 Å². The van der Waals surface area contributed by atoms with E-state index in [1.807, 2.05) is 43.3 Å². The summed E-state index contributed by atoms with van der Waals surface area (Å²) in [6.07, 6.45) is 1.73. The van der Waals surface area contributed by atoms with Crippen molar-refractivity contribution in [3.8, 4) is 11.3 Å². The highest BCUT2D eigenvalue weighted by Gasteiger charge is 2.23. The third-order valence-electron chi connectivity index (χ3n) is 4.29. The molecule has 25 heavy (non-hydrogen) atoms. The standard InChI is InChI=1S/C19H22N4O2/c1-4-8-15-11-18(22-25-15)19(24)23(3)13(2)16-12-17(21-20-16)14-9-6-5-7-10-14/h5-7,9-13H,4,8H2,1-3H3,(H,20,21)/t13-/m0/s1. The lowest BCUT2D eigenvalue weighted by Crippen LogP contribution is -2.30. The van der Waals surface area contributed by atoms with Gasteiger partial charge in [-0.25, -0.2) is 0 Å². The van der Waals surface area contributed by atoms with Gasteiger partial charge in [-0.1, -0.05) is 42.4 Å². The van der Waals surface area contributed by atoms with Gasteiger partial charge >= 0.3 is 0 Å². The molecule has 3 rings (SSSR count). The molecule has 0 unspecified atom stereocenters. The van der Waals surface area contributed by atoms with Crippen LogP contribution in [0.3, 0.4) is 0 Å². The van der Waals surface area contributed by atoms with Crippen molar-refractivity contribution in [3.63, 3.8) is 0 Å². The first kappa shape index (κ1) is 17.0. The SMILES string of the molecule is CCCc1cc(C(=O)N(C)[C@@H](C)c2cc(-c3ccccc3)n[nH]2)no1. The summed E-state index contributed by atoms with van der Waals surface area (Å²) in [7, 11) is 1.75. The molecule has 0 aliphatic heterocycles. The second-order valence-corrected chi connectivity index (χ2v) is 6.10. The predicted molar refractivity (Wildman–Crippen MR) is 95.0 cm³/mol. The molecule has 0 aliphatic rings. The van der Waals surface area contributed by atoms with E-state index in [2.05, 4.69) is 22.3 Å². The third-order valence-corrected chi connectivity index (χ3v) is 4.29. The average Bonchev–Trinajstić information content (AvgIpc) is 3.31. The molecular weight excluding hydrogens is 316 g/mol. The Hall–Kier alpha value is -2.89. The number of H-pyrrole nitrogens is 1. The van der Waals surface area contributed by atoms with Crippen molar-refractivity contribution in [2.45, 2.75) is 32.7 Å². The first-order valence-corrected chi connectivity index (χ1v) is 8.43. The number of amides is 1. The maximum atomic E-state index is 12.6. The maximum absolute atomic E-state index is 12.6. The van der Waals surface area contributed by atoms with Gasteiger partial charge in [0.05, 0.1) is 17.4 Å². The Bertz CT molecular complexity index is 838. The third kappa shape index (κ3) is 3.63. The minimum Gasteiger partial charge on any atom is -0.361 e. The molecule has 0 spiro atoms. The molecule has 6 nitrogen and oxygen atoms in total. The van der Waals surface area contributed by atoms with Crippen LogP contribution in [0.25, 0.3) is 11.3 Å². The van der Waals surface area contributed by atoms with E-state index >= 15 is 0 Å². The molecule has 1 aromatic carbocycles. The Balaban J connectivity index is 1.74. The lowest BCUT2D eigenvalue weighted by atomic mass is 10.1. The van der Waals surface area contributed by atoms with Crippen LogP contribution in [0.15, 0.2) is 47.0 Å². The summed E-state index contributed by atoms with van der Waals surface area (Å²) in [6.45, 7) is 4.01. The predicted octanol–water partition coefficient (Wildman–Crippen LogP) is 3.85. The number of nitrogens with one attached hydrogen (secondary N) is 1. The lowest BCUT2D eigenvalue weighted by Gasteiger charge is -2.22. The van der Waals surface area contributed by atoms with E-state index in [1.54, 1.807) is 18.0 Å². The molecule has 0 bridgehead atoms. The molecule has 2 aromatic heterocycles. The molecule has 2 heterocycles. The molecule has 1 N–H and O–H groups in total. The van der Waals surface area contributed by atoms with Crippen molar-refractivity contribution in [2.75, 3.05) is 7.05 Å². The lowest BCUT2D eigenvalue weighted by molar-refractivity contribution is 0.0729. The van der Waals surface area contributed by atoms with Crippen LogP contribution < -0.4 is 0 Å². The highest BCUT2D eigenvalue weighted by atomic mass is 16.5. The number of hydrogen-bond acceptors (Lipinski definition) is 4. The first-order chi connectivity index (χ1) is 12.1. The smallest absolute Gasteiger partial charge is 0.276 e. The van der Waals surface area contributed by atoms with Gasteiger partial charge < -0.3 is 9.42 Å². The fourth-order valence-electron chi connectivity index (χ4n) is 2.65. The van der Waals surface area contributed by atoms with Gasteiger partial charge in [0.2, 0.25) is 0 Å². The zero-order valence-electron chi connectivity index (χ0n) is 14.7. The summed E-state index contributed by atoms with van der Waals surface area (Å²) < 4.78 is 5.21. The molecule has 0 saturated heterocycles. The number of aromatic nitrogens is 3. The number of carbonyl (C=O) groups is 1. The van der Waals surface area contributed by atoms with Gasteiger partial charge in [0.15, 0.2) is 5.69 Å². The molecule has 6 heteroatoms. The fraction of sp³-hybridized carbons (Fsp3) is 0.316. The topological polar surface area (TPSA) is 75.0 Å². The van der Waals surface area contributed by atoms with Crippen LogP contribution in [0.4, 0.5) is 0 Å². The number of aryl methyl sites for hydroxylation is 1. The normalized spacial score (nSPS) is 12.1. The van der Waals surface area contributed by atoms with Crippen LogP contribution in [0.1, 0.15) is 48.3 Å². The molecule has 1 atom stereocenters. The molecule has 130 valence electrons. The second-order valence-electron chi connectivity index (χ2n) is 6.10. The minimum absolute atomic E-state index is 0.163. The summed E-state index contributed by atoms with van der Waals surface area (Å²) in [4.78, 5) is 14.3. The van der Waals surface area contributed by atoms with Gasteiger partial charge in [0.25, 0.3) is 5.91 Å². The van der Waals surface area contributed by atoms with Crippen LogP contribution in [0.2, 0.25) is 0 Å². The number of hydrogen-bond donors (Lipinski definition) is 1. The van der Waals surface area contributed by atoms with E-state index in [1.165, 1.54) is 0 Å². The van der Waals surface area contributed by atoms with Crippen molar-refractivity contribution >= 4 is 5.91 Å². The molecule has 0 saturated carbocycles. The van der Waals surface area contributed by atoms with Gasteiger partial charge in [0.1, 0.15) is 5.76 Å². The minimum atomic E-state index is -0.172. The maximum Gasteiger partial charge on any atom is 0.276 e. The van der Waals surface area contributed by atoms with Crippen LogP contribution in [0.5, 0.6) is 0 Å². The highest BCUT2D eigenvalue weighted by Crippen LogP contribution is 2.24. The van der Waals surface area contributed by atoms with Gasteiger partial charge in [-0.15, -0.1) is 0 Å². The monoisotopic (exact) mass is 338 g/mol. The summed E-state index contributed by atoms with van der Waals surface area (Å²) in [5.74, 6) is 0.564. The van der Waals surface area contributed by atoms with Crippen molar-refractivity contribution in [1.82, 2.24) is 20.3 Å². The average molecular weight is 338 g/mol. The van der Waals surface area contributed by atoms with Gasteiger partial charge in [0, 0.05) is 25.1 Å². The molecule has 3 aromatic rings. The molecule has 0 aliphatic carbocycles. The number of aromatic amines is 1. The molecular formula is C19H22N4O2. The van der Waals surface area contributed by atoms with Crippen LogP contribution in [-0.4, -0.2) is 33.2 Å². The fourth-order valence-corrected chi connectivity index (χ4v) is 2.65. The van der Waals surface area contributed by atoms with Crippen molar-refractivity contribution in [3.05, 3.63) is 59.6 Å². The summed E-state index contributed by atoms with van der Waals surface area (Å²) in [6, 6.07) is 13.4. The Morgan fingerprint density at radius 2 is 2.04 bits per heavy atom. The zero-order chi connectivity index (χ0) is 17.8. The summed E-state index contributed by atoms with van der Waals surface area (Å²) >= 11 is 0. The Labute approximate surface area is 146 Å². The summed E-state index contributed by atoms with van der Waals surface area (Å²) in [5.41, 5.74) is 3.09. The molecule has 0 fully saturated rings. The van der Waals surface area contributed by atoms with Crippen molar-refractivity contribution in [2.24, 2.45) is 0 Å². The van der Waals surface area contributed by atoms with Gasteiger partial charge in [-0.05, 0) is 19.4 Å². The Kier molecular flexibility index (Phi) is 4.97. The van der Waals surface area contributed by atoms with E-state index in [0.717, 1.165) is 35.6 Å². The number of carbonyl (C=O) groups excluding carboxylic acids is 1. The zero-order valence-corrected chi connectivity index (χ0v) is 14.7. The quantitative estimate of drug-likeness (QED) is 0.741. The molecule has 1 amide bonds. The Morgan fingerprint density at radius 1 is 1.28 bits per heavy atom. The molecule has 0 radical (unpaired) electrons. The van der Waals surface area contributed by atoms with Crippen molar-refractivity contribution < 1.29 is 9.32 Å². The number of benzene rings is 1. The largest absolute Gasteiger partial charge is 0.361 e. The second kappa shape index (κ2) is 7.34. The van der Waals surface area contributed by atoms with Gasteiger partial charge in [-0.3, -0.25) is 9.89 Å². The van der Waals surface area contributed by atoms with Crippen LogP contribution in [0, 0.1) is 0 Å². The number of nitrogens with zero attached hydrogens (tertiary/aromatic N) is 3. The first-order valence-electron chi connectivity index (χ1n) is 8.43. The van der Waals surface area contributed by atoms with E-state index in [4.69, 9.17) is 4.52 Å². The van der Waals surface area contributed by atoms with E-state index < -0.39 is 0 Å². The van der Waals surface area contributed by atoms with E-state index in [9.17, 15) is 4.79 Å². The van der Waals surface area contributed by atoms with E-state index in [0.29, 0.717) is 5.69 Å². The Morgan fingerprint density at radius 3 is 2.76 bits per heavy atom. The van der Waals surface area contributed by atoms with Crippen molar-refractivity contribution in [1.29, 1.82) is 0 Å². The number of rotatable bonds is 6. The van der Waals surface area contributed by atoms with E-state index in [-0.39, 0.29) is 11.9 Å². The highest BCUT2D eigenvalue weighted by molar-refractivity contribution is 5.92. The van der Waals surface area contributed by atoms with Crippen LogP contribution >= 0.6 is 0 Å². The summed E-state index contributed by atoms with van der Waals surface area (Å²) in [5, 5.41) is 11.3. The van der Waals surface area contributed by atoms with Gasteiger partial charge in [-0.2, -0.15) is 5.10 Å².